The number of esters is 5. The molecule has 0 aliphatic heterocycles. The molecule has 8 aromatic carbocycles. The van der Waals surface area contributed by atoms with Gasteiger partial charge in [-0.15, -0.1) is 6.58 Å². The average Bonchev–Trinajstić information content (AvgIpc) is 1.70. The number of allylic oxidation sites excluding steroid dienone is 1. The predicted octanol–water partition coefficient (Wildman–Crippen LogP) is 28.0. The molecule has 14 heteroatoms. The monoisotopic (exact) mass is 1670 g/mol. The van der Waals surface area contributed by atoms with Crippen LogP contribution < -0.4 is 0 Å². The zero-order valence-corrected chi connectivity index (χ0v) is 81.1. The molecular formula is C105H160O12Si2. The Balaban J connectivity index is -0.000000407. The van der Waals surface area contributed by atoms with Gasteiger partial charge in [-0.25, -0.2) is 0 Å². The van der Waals surface area contributed by atoms with Gasteiger partial charge in [-0.05, 0) is 125 Å². The summed E-state index contributed by atoms with van der Waals surface area (Å²) in [6.45, 7) is 65.7. The maximum absolute atomic E-state index is 11.0. The third kappa shape index (κ3) is 69.2. The Kier molecular flexibility index (Phi) is 74.4. The van der Waals surface area contributed by atoms with Crippen LogP contribution in [0.2, 0.25) is 51.4 Å². The summed E-state index contributed by atoms with van der Waals surface area (Å²) in [6, 6.07) is 79.4. The molecule has 0 fully saturated rings. The molecule has 1 aliphatic carbocycles. The van der Waals surface area contributed by atoms with Crippen LogP contribution in [0.15, 0.2) is 250 Å². The van der Waals surface area contributed by atoms with E-state index in [1.807, 2.05) is 119 Å². The van der Waals surface area contributed by atoms with Crippen molar-refractivity contribution in [2.75, 3.05) is 26.4 Å². The fourth-order valence-electron chi connectivity index (χ4n) is 10.2. The molecule has 0 radical (unpaired) electrons. The van der Waals surface area contributed by atoms with Gasteiger partial charge in [0.15, 0.2) is 0 Å². The number of carbonyl (C=O) groups is 6. The van der Waals surface area contributed by atoms with Crippen molar-refractivity contribution in [2.24, 2.45) is 17.8 Å². The number of hydrogen-bond acceptors (Lipinski definition) is 12. The van der Waals surface area contributed by atoms with Crippen LogP contribution in [-0.4, -0.2) is 83.3 Å². The lowest BCUT2D eigenvalue weighted by atomic mass is 9.71. The van der Waals surface area contributed by atoms with Gasteiger partial charge in [0.1, 0.15) is 25.6 Å². The van der Waals surface area contributed by atoms with Crippen LogP contribution in [-0.2, 0) is 83.9 Å². The smallest absolute Gasteiger partial charge is 0.302 e. The molecule has 0 unspecified atom stereocenters. The van der Waals surface area contributed by atoms with Crippen molar-refractivity contribution >= 4 is 51.8 Å². The molecule has 1 N–H and O–H groups in total. The lowest BCUT2D eigenvalue weighted by molar-refractivity contribution is -0.143. The van der Waals surface area contributed by atoms with Gasteiger partial charge in [0, 0.05) is 62.1 Å². The zero-order chi connectivity index (χ0) is 91.6. The number of aryl methyl sites for hydroxylation is 2. The van der Waals surface area contributed by atoms with Crippen molar-refractivity contribution in [2.45, 2.75) is 267 Å². The number of unbranched alkanes of at least 4 members (excludes halogenated alkanes) is 1. The summed E-state index contributed by atoms with van der Waals surface area (Å²) >= 11 is 0. The second-order valence-electron chi connectivity index (χ2n) is 31.8. The topological polar surface area (TPSA) is 169 Å². The lowest BCUT2D eigenvalue weighted by Crippen LogP contribution is -2.25. The van der Waals surface area contributed by atoms with Crippen molar-refractivity contribution in [1.29, 1.82) is 0 Å². The SMILES string of the molecule is C=CCCC.C=CCOC(C)=O.CC.CC(=O)OCC(C)C.CC(=O)OCC1c2ccccc2-c2ccccc21.CC(=O)OCC[Si](C)(C)C.CC(=O)OCc1ccccc1.CC(C)=O.CC(C)C[Si](C)(C)C.CC(c1ccccc1)(c1ccccc1)c1ccccc1.CCC.CCC(C)C.CCc1ccc(CO)cc1.CCc1ccccc1. The predicted molar refractivity (Wildman–Crippen MR) is 515 cm³/mol. The second kappa shape index (κ2) is 74.9. The molecule has 0 aromatic heterocycles. The van der Waals surface area contributed by atoms with Crippen LogP contribution in [0.4, 0.5) is 0 Å². The Morgan fingerprint density at radius 2 is 0.748 bits per heavy atom. The summed E-state index contributed by atoms with van der Waals surface area (Å²) in [5, 5.41) is 8.70. The van der Waals surface area contributed by atoms with Crippen LogP contribution in [0.1, 0.15) is 234 Å². The fourth-order valence-corrected chi connectivity index (χ4v) is 13.4. The molecule has 0 saturated heterocycles. The highest BCUT2D eigenvalue weighted by atomic mass is 28.3. The van der Waals surface area contributed by atoms with E-state index >= 15 is 0 Å². The van der Waals surface area contributed by atoms with E-state index < -0.39 is 16.1 Å². The van der Waals surface area contributed by atoms with E-state index in [0.29, 0.717) is 39.0 Å². The molecule has 1 aliphatic rings. The highest BCUT2D eigenvalue weighted by Crippen LogP contribution is 2.44. The normalized spacial score (nSPS) is 10.2. The van der Waals surface area contributed by atoms with Gasteiger partial charge in [-0.2, -0.15) is 0 Å². The Morgan fingerprint density at radius 3 is 0.992 bits per heavy atom. The van der Waals surface area contributed by atoms with Crippen molar-refractivity contribution in [3.8, 4) is 11.1 Å². The standard InChI is InChI=1S/C20H18.C16H14O2.C9H10O2.C9H12O.C8H10.C7H16O2Si.C7H18Si.C6H12O2.C5H8O2.C5H12.C5H10.C3H6O.C3H8.C2H6/c1-20(17-11-5-2-6-12-17,18-13-7-3-8-14-18)19-15-9-4-10-16-19;1-11(17)18-10-16-14-8-4-2-6-12(14)13-7-3-5-9-15(13)16;1-8(10)11-7-9-5-3-2-4-6-9;1-2-8-3-5-9(7-10)6-4-8;1-2-8-6-4-3-5-7-8;1-7(8)9-5-6-10(2,3)4;1-7(2)6-8(3,4)5;1-5(2)4-8-6(3)7;1-3-4-7-5(2)6;1-4-5(2)3;1-3-5-4-2;1-3(2)4;1-3-2;1-2/h2-16H,1H3;2-9,16H,10H2,1H3;2-6H,7H2,1H3;3-6,10H,2,7H2,1H3;3-7H,2H2,1H3;5-6H2,1-4H3;7H,6H2,1-5H3;5H,4H2,1-3H3;3H,1,4H2,2H3;5H,4H2,1-3H3;3H,1,4-5H2,2H3;1-2H3;3H2,1-2H3;1-2H3. The largest absolute Gasteiger partial charge is 0.466 e. The second-order valence-corrected chi connectivity index (χ2v) is 42.9. The Morgan fingerprint density at radius 1 is 0.420 bits per heavy atom. The van der Waals surface area contributed by atoms with E-state index in [-0.39, 0.29) is 53.6 Å². The number of Topliss-reactive ketones (excluding diaryl/α,β-unsaturated/α-hetero) is 1. The number of ketones is 1. The van der Waals surface area contributed by atoms with Crippen LogP contribution in [0.3, 0.4) is 0 Å². The molecule has 0 amide bonds. The van der Waals surface area contributed by atoms with Crippen molar-refractivity contribution < 1.29 is 57.6 Å². The first-order chi connectivity index (χ1) is 56.2. The number of fused-ring (bicyclic) bond motifs is 3. The maximum Gasteiger partial charge on any atom is 0.302 e. The summed E-state index contributed by atoms with van der Waals surface area (Å²) < 4.78 is 23.9. The molecule has 0 saturated carbocycles. The minimum atomic E-state index is -1.00. The highest BCUT2D eigenvalue weighted by Gasteiger charge is 2.31. The third-order valence-electron chi connectivity index (χ3n) is 16.1. The third-order valence-corrected chi connectivity index (χ3v) is 19.9. The minimum absolute atomic E-state index is 0.121. The molecule has 0 bridgehead atoms. The van der Waals surface area contributed by atoms with E-state index in [1.54, 1.807) is 0 Å². The molecular weight excluding hydrogens is 1510 g/mol. The van der Waals surface area contributed by atoms with Crippen molar-refractivity contribution in [1.82, 2.24) is 0 Å². The van der Waals surface area contributed by atoms with Gasteiger partial charge in [0.05, 0.1) is 19.8 Å². The first-order valence-electron chi connectivity index (χ1n) is 42.7. The molecule has 0 heterocycles. The Hall–Kier alpha value is -9.35. The molecule has 12 nitrogen and oxygen atoms in total. The Labute approximate surface area is 726 Å². The van der Waals surface area contributed by atoms with Crippen LogP contribution in [0, 0.1) is 17.8 Å². The Bertz CT molecular complexity index is 3620. The number of aliphatic hydroxyl groups excluding tert-OH is 1. The first kappa shape index (κ1) is 118. The lowest BCUT2D eigenvalue weighted by Gasteiger charge is -2.31. The number of ether oxygens (including phenoxy) is 5. The summed E-state index contributed by atoms with van der Waals surface area (Å²) in [4.78, 5) is 61.2. The first-order valence-corrected chi connectivity index (χ1v) is 50.1. The summed E-state index contributed by atoms with van der Waals surface area (Å²) in [5.74, 6) is 1.47. The zero-order valence-electron chi connectivity index (χ0n) is 79.1. The van der Waals surface area contributed by atoms with Gasteiger partial charge in [-0.3, -0.25) is 24.0 Å². The van der Waals surface area contributed by atoms with E-state index in [1.165, 1.54) is 130 Å². The van der Waals surface area contributed by atoms with E-state index in [9.17, 15) is 28.8 Å². The van der Waals surface area contributed by atoms with Crippen LogP contribution >= 0.6 is 0 Å². The van der Waals surface area contributed by atoms with Crippen LogP contribution in [0.25, 0.3) is 11.1 Å². The van der Waals surface area contributed by atoms with Crippen molar-refractivity contribution in [3.05, 3.63) is 300 Å². The maximum atomic E-state index is 11.0. The summed E-state index contributed by atoms with van der Waals surface area (Å²) in [5.41, 5.74) is 13.6. The van der Waals surface area contributed by atoms with E-state index in [0.717, 1.165) is 48.3 Å². The van der Waals surface area contributed by atoms with Crippen LogP contribution in [0.5, 0.6) is 0 Å². The average molecular weight is 1670 g/mol. The van der Waals surface area contributed by atoms with Gasteiger partial charge in [0.25, 0.3) is 0 Å². The van der Waals surface area contributed by atoms with Gasteiger partial charge < -0.3 is 33.6 Å². The van der Waals surface area contributed by atoms with Crippen molar-refractivity contribution in [3.63, 3.8) is 0 Å². The minimum Gasteiger partial charge on any atom is -0.466 e. The number of carbonyl (C=O) groups excluding carboxylic acids is 6. The molecule has 660 valence electrons. The molecule has 9 rings (SSSR count). The molecule has 8 aromatic rings. The summed E-state index contributed by atoms with van der Waals surface area (Å²) in [6.07, 6.45) is 10.6. The number of benzene rings is 8. The van der Waals surface area contributed by atoms with E-state index in [4.69, 9.17) is 19.3 Å². The summed E-state index contributed by atoms with van der Waals surface area (Å²) in [7, 11) is -1.72. The number of hydrogen-bond donors (Lipinski definition) is 1. The molecule has 0 spiro atoms. The van der Waals surface area contributed by atoms with Gasteiger partial charge in [-0.1, -0.05) is 405 Å². The highest BCUT2D eigenvalue weighted by molar-refractivity contribution is 6.76. The van der Waals surface area contributed by atoms with Gasteiger partial charge >= 0.3 is 29.8 Å². The van der Waals surface area contributed by atoms with E-state index in [2.05, 4.69) is 278 Å². The fraction of sp³-hybridized carbons (Fsp3) is 0.448. The number of aliphatic hydroxyl groups is 1. The van der Waals surface area contributed by atoms with Gasteiger partial charge in [0.2, 0.25) is 0 Å². The quantitative estimate of drug-likeness (QED) is 0.0224. The molecule has 119 heavy (non-hydrogen) atoms. The molecule has 0 atom stereocenters. The number of rotatable bonds is 22.